The first-order valence-corrected chi connectivity index (χ1v) is 8.19. The topological polar surface area (TPSA) is 77.6 Å². The van der Waals surface area contributed by atoms with Crippen LogP contribution in [-0.2, 0) is 0 Å². The van der Waals surface area contributed by atoms with Crippen molar-refractivity contribution in [2.75, 3.05) is 0 Å². The van der Waals surface area contributed by atoms with E-state index in [0.717, 1.165) is 22.4 Å². The zero-order valence-electron chi connectivity index (χ0n) is 14.5. The van der Waals surface area contributed by atoms with Crippen LogP contribution in [0, 0.1) is 11.5 Å². The molecule has 5 nitrogen and oxygen atoms in total. The van der Waals surface area contributed by atoms with E-state index in [2.05, 4.69) is 10.3 Å². The van der Waals surface area contributed by atoms with Gasteiger partial charge in [0.2, 0.25) is 6.19 Å². The van der Waals surface area contributed by atoms with Gasteiger partial charge in [-0.25, -0.2) is 0 Å². The van der Waals surface area contributed by atoms with E-state index >= 15 is 0 Å². The second-order valence-electron chi connectivity index (χ2n) is 6.69. The number of benzene rings is 2. The summed E-state index contributed by atoms with van der Waals surface area (Å²) in [6.07, 6.45) is 0.970. The molecule has 0 bridgehead atoms. The van der Waals surface area contributed by atoms with E-state index in [0.29, 0.717) is 5.84 Å². The number of nitrogens with zero attached hydrogens (tertiary/aromatic N) is 2. The lowest BCUT2D eigenvalue weighted by atomic mass is 9.85. The van der Waals surface area contributed by atoms with Crippen LogP contribution in [0.5, 0.6) is 5.75 Å². The summed E-state index contributed by atoms with van der Waals surface area (Å²) in [5.41, 5.74) is 2.22. The molecule has 1 heterocycles. The number of nitriles is 1. The summed E-state index contributed by atoms with van der Waals surface area (Å²) in [7, 11) is 0. The van der Waals surface area contributed by atoms with Gasteiger partial charge in [0, 0.05) is 5.56 Å². The summed E-state index contributed by atoms with van der Waals surface area (Å²) in [4.78, 5) is 3.71. The summed E-state index contributed by atoms with van der Waals surface area (Å²) < 4.78 is 6.00. The molecule has 0 unspecified atom stereocenters. The molecule has 2 aromatic rings. The van der Waals surface area contributed by atoms with Gasteiger partial charge >= 0.3 is 0 Å². The summed E-state index contributed by atoms with van der Waals surface area (Å²) in [6.45, 7) is 5.40. The van der Waals surface area contributed by atoms with Crippen LogP contribution in [0.3, 0.4) is 0 Å². The number of aliphatic hydroxyl groups is 1. The number of hydrogen-bond donors (Lipinski definition) is 2. The third-order valence-electron chi connectivity index (χ3n) is 4.44. The first kappa shape index (κ1) is 17.0. The fourth-order valence-electron chi connectivity index (χ4n) is 3.10. The van der Waals surface area contributed by atoms with E-state index in [4.69, 9.17) is 10.00 Å². The van der Waals surface area contributed by atoms with Gasteiger partial charge in [0.1, 0.15) is 23.3 Å². The monoisotopic (exact) mass is 335 g/mol. The van der Waals surface area contributed by atoms with Gasteiger partial charge in [0.05, 0.1) is 6.04 Å². The van der Waals surface area contributed by atoms with Gasteiger partial charge in [-0.15, -0.1) is 0 Å². The van der Waals surface area contributed by atoms with Crippen molar-refractivity contribution < 1.29 is 9.84 Å². The Bertz CT molecular complexity index is 838. The minimum absolute atomic E-state index is 0.417. The molecule has 25 heavy (non-hydrogen) atoms. The highest BCUT2D eigenvalue weighted by Gasteiger charge is 2.43. The molecule has 5 heteroatoms. The number of amidine groups is 1. The molecule has 1 aliphatic heterocycles. The predicted octanol–water partition coefficient (Wildman–Crippen LogP) is 3.42. The van der Waals surface area contributed by atoms with E-state index in [-0.39, 0.29) is 0 Å². The Morgan fingerprint density at radius 3 is 2.60 bits per heavy atom. The normalized spacial score (nSPS) is 21.6. The molecule has 128 valence electrons. The Kier molecular flexibility index (Phi) is 4.47. The SMILES string of the molecule is CC(=NC#N)N[C@H]1c2cc(-c3ccccc3)ccc2OC(C)(C)[C@@H]1O. The lowest BCUT2D eigenvalue weighted by molar-refractivity contribution is -0.0610. The van der Waals surface area contributed by atoms with Gasteiger partial charge < -0.3 is 15.2 Å². The zero-order valence-corrected chi connectivity index (χ0v) is 14.5. The molecular formula is C20H21N3O2. The number of nitrogens with one attached hydrogen (secondary N) is 1. The molecule has 0 aliphatic carbocycles. The second kappa shape index (κ2) is 6.58. The van der Waals surface area contributed by atoms with Crippen molar-refractivity contribution in [3.63, 3.8) is 0 Å². The largest absolute Gasteiger partial charge is 0.485 e. The molecular weight excluding hydrogens is 314 g/mol. The maximum atomic E-state index is 10.8. The Hall–Kier alpha value is -2.84. The van der Waals surface area contributed by atoms with Crippen molar-refractivity contribution >= 4 is 5.84 Å². The highest BCUT2D eigenvalue weighted by atomic mass is 16.5. The Balaban J connectivity index is 2.07. The summed E-state index contributed by atoms with van der Waals surface area (Å²) >= 11 is 0. The van der Waals surface area contributed by atoms with Crippen LogP contribution in [0.15, 0.2) is 53.5 Å². The Labute approximate surface area is 147 Å². The minimum Gasteiger partial charge on any atom is -0.485 e. The average Bonchev–Trinajstić information content (AvgIpc) is 2.59. The van der Waals surface area contributed by atoms with E-state index < -0.39 is 17.7 Å². The predicted molar refractivity (Wildman–Crippen MR) is 97.2 cm³/mol. The molecule has 0 radical (unpaired) electrons. The first-order chi connectivity index (χ1) is 11.9. The summed E-state index contributed by atoms with van der Waals surface area (Å²) in [5, 5.41) is 22.7. The molecule has 0 amide bonds. The third-order valence-corrected chi connectivity index (χ3v) is 4.44. The quantitative estimate of drug-likeness (QED) is 0.501. The molecule has 3 rings (SSSR count). The van der Waals surface area contributed by atoms with Crippen LogP contribution in [0.25, 0.3) is 11.1 Å². The lowest BCUT2D eigenvalue weighted by Gasteiger charge is -2.42. The minimum atomic E-state index is -0.796. The fourth-order valence-corrected chi connectivity index (χ4v) is 3.10. The Morgan fingerprint density at radius 1 is 1.20 bits per heavy atom. The van der Waals surface area contributed by atoms with Crippen LogP contribution >= 0.6 is 0 Å². The number of hydrogen-bond acceptors (Lipinski definition) is 4. The van der Waals surface area contributed by atoms with Gasteiger partial charge in [-0.3, -0.25) is 0 Å². The molecule has 0 aromatic heterocycles. The lowest BCUT2D eigenvalue weighted by Crippen LogP contribution is -2.53. The molecule has 2 atom stereocenters. The van der Waals surface area contributed by atoms with Crippen LogP contribution in [0.2, 0.25) is 0 Å². The maximum Gasteiger partial charge on any atom is 0.207 e. The van der Waals surface area contributed by atoms with Gasteiger partial charge in [-0.1, -0.05) is 36.4 Å². The standard InChI is InChI=1S/C20H21N3O2/c1-13(22-12-21)23-18-16-11-15(14-7-5-4-6-8-14)9-10-17(16)25-20(2,3)19(18)24/h4-11,18-19,24H,1-3H3,(H,22,23)/t18-,19+/m0/s1. The average molecular weight is 335 g/mol. The molecule has 0 fully saturated rings. The summed E-state index contributed by atoms with van der Waals surface area (Å²) in [6, 6.07) is 15.6. The Morgan fingerprint density at radius 2 is 1.92 bits per heavy atom. The smallest absolute Gasteiger partial charge is 0.207 e. The number of ether oxygens (including phenoxy) is 1. The van der Waals surface area contributed by atoms with E-state index in [9.17, 15) is 5.11 Å². The van der Waals surface area contributed by atoms with Gasteiger partial charge in [0.25, 0.3) is 0 Å². The number of rotatable bonds is 2. The summed E-state index contributed by atoms with van der Waals surface area (Å²) in [5.74, 6) is 1.18. The van der Waals surface area contributed by atoms with Crippen molar-refractivity contribution in [2.24, 2.45) is 4.99 Å². The fraction of sp³-hybridized carbons (Fsp3) is 0.300. The molecule has 2 N–H and O–H groups in total. The van der Waals surface area contributed by atoms with E-state index in [1.165, 1.54) is 0 Å². The number of fused-ring (bicyclic) bond motifs is 1. The zero-order chi connectivity index (χ0) is 18.0. The number of aliphatic hydroxyl groups excluding tert-OH is 1. The second-order valence-corrected chi connectivity index (χ2v) is 6.69. The first-order valence-electron chi connectivity index (χ1n) is 8.19. The third kappa shape index (κ3) is 3.35. The molecule has 0 saturated carbocycles. The van der Waals surface area contributed by atoms with E-state index in [1.54, 1.807) is 13.1 Å². The van der Waals surface area contributed by atoms with Crippen LogP contribution in [-0.4, -0.2) is 22.6 Å². The van der Waals surface area contributed by atoms with Gasteiger partial charge in [-0.05, 0) is 44.0 Å². The van der Waals surface area contributed by atoms with Crippen molar-refractivity contribution in [1.82, 2.24) is 5.32 Å². The van der Waals surface area contributed by atoms with E-state index in [1.807, 2.05) is 62.4 Å². The van der Waals surface area contributed by atoms with Gasteiger partial charge in [0.15, 0.2) is 0 Å². The molecule has 1 aliphatic rings. The number of aliphatic imine (C=N–C) groups is 1. The highest BCUT2D eigenvalue weighted by Crippen LogP contribution is 2.41. The van der Waals surface area contributed by atoms with Crippen LogP contribution in [0.4, 0.5) is 0 Å². The molecule has 0 saturated heterocycles. The van der Waals surface area contributed by atoms with Crippen molar-refractivity contribution in [1.29, 1.82) is 5.26 Å². The van der Waals surface area contributed by atoms with Crippen molar-refractivity contribution in [2.45, 2.75) is 38.5 Å². The van der Waals surface area contributed by atoms with Crippen molar-refractivity contribution in [3.8, 4) is 23.1 Å². The highest BCUT2D eigenvalue weighted by molar-refractivity contribution is 5.81. The molecule has 2 aromatic carbocycles. The van der Waals surface area contributed by atoms with Crippen LogP contribution in [0.1, 0.15) is 32.4 Å². The van der Waals surface area contributed by atoms with Gasteiger partial charge in [-0.2, -0.15) is 10.3 Å². The molecule has 0 spiro atoms. The van der Waals surface area contributed by atoms with Crippen LogP contribution < -0.4 is 10.1 Å². The van der Waals surface area contributed by atoms with Crippen molar-refractivity contribution in [3.05, 3.63) is 54.1 Å². The maximum absolute atomic E-state index is 10.8.